The van der Waals surface area contributed by atoms with Crippen LogP contribution >= 0.6 is 0 Å². The quantitative estimate of drug-likeness (QED) is 0.629. The summed E-state index contributed by atoms with van der Waals surface area (Å²) in [6, 6.07) is 0. The topological polar surface area (TPSA) is 29.3 Å². The van der Waals surface area contributed by atoms with Crippen molar-refractivity contribution in [2.24, 2.45) is 23.0 Å². The van der Waals surface area contributed by atoms with Crippen LogP contribution in [0.3, 0.4) is 0 Å². The Hall–Kier alpha value is -0.0800. The Kier molecular flexibility index (Phi) is 1.52. The van der Waals surface area contributed by atoms with E-state index in [9.17, 15) is 0 Å². The van der Waals surface area contributed by atoms with Gasteiger partial charge in [-0.2, -0.15) is 0 Å². The van der Waals surface area contributed by atoms with Crippen molar-refractivity contribution >= 4 is 0 Å². The molecule has 2 aliphatic rings. The van der Waals surface area contributed by atoms with Crippen molar-refractivity contribution in [3.63, 3.8) is 0 Å². The maximum absolute atomic E-state index is 5.63. The van der Waals surface area contributed by atoms with Crippen LogP contribution in [0.15, 0.2) is 0 Å². The third-order valence-corrected chi connectivity index (χ3v) is 3.48. The van der Waals surface area contributed by atoms with E-state index in [1.54, 1.807) is 0 Å². The Morgan fingerprint density at radius 3 is 2.73 bits per heavy atom. The Morgan fingerprint density at radius 2 is 2.27 bits per heavy atom. The first kappa shape index (κ1) is 7.56. The van der Waals surface area contributed by atoms with Gasteiger partial charge in [-0.25, -0.2) is 0 Å². The van der Waals surface area contributed by atoms with E-state index in [2.05, 4.69) is 18.9 Å². The SMILES string of the molecule is CC(CN)C1CC12CN(C)C2. The molecule has 2 rings (SSSR count). The molecule has 0 bridgehead atoms. The predicted octanol–water partition coefficient (Wildman–Crippen LogP) is 0.533. The predicted molar refractivity (Wildman–Crippen MR) is 46.3 cm³/mol. The van der Waals surface area contributed by atoms with E-state index in [1.807, 2.05) is 0 Å². The standard InChI is InChI=1S/C9H18N2/c1-7(4-10)8-3-9(8)5-11(2)6-9/h7-8H,3-6,10H2,1-2H3. The van der Waals surface area contributed by atoms with Crippen molar-refractivity contribution in [2.45, 2.75) is 13.3 Å². The number of hydrogen-bond donors (Lipinski definition) is 1. The average molecular weight is 154 g/mol. The molecule has 0 amide bonds. The van der Waals surface area contributed by atoms with Crippen LogP contribution in [0.4, 0.5) is 0 Å². The minimum Gasteiger partial charge on any atom is -0.330 e. The summed E-state index contributed by atoms with van der Waals surface area (Å²) in [5.41, 5.74) is 6.36. The molecule has 0 aromatic heterocycles. The van der Waals surface area contributed by atoms with Crippen molar-refractivity contribution in [2.75, 3.05) is 26.7 Å². The molecule has 11 heavy (non-hydrogen) atoms. The number of rotatable bonds is 2. The van der Waals surface area contributed by atoms with Gasteiger partial charge in [0.05, 0.1) is 0 Å². The molecule has 2 atom stereocenters. The second-order valence-electron chi connectivity index (χ2n) is 4.56. The van der Waals surface area contributed by atoms with Gasteiger partial charge >= 0.3 is 0 Å². The summed E-state index contributed by atoms with van der Waals surface area (Å²) in [5, 5.41) is 0. The van der Waals surface area contributed by atoms with Gasteiger partial charge in [0.15, 0.2) is 0 Å². The van der Waals surface area contributed by atoms with E-state index in [-0.39, 0.29) is 0 Å². The van der Waals surface area contributed by atoms with E-state index < -0.39 is 0 Å². The molecule has 1 aliphatic heterocycles. The molecule has 1 heterocycles. The van der Waals surface area contributed by atoms with Crippen LogP contribution in [0, 0.1) is 17.3 Å². The second-order valence-corrected chi connectivity index (χ2v) is 4.56. The van der Waals surface area contributed by atoms with Crippen LogP contribution in [-0.4, -0.2) is 31.6 Å². The Balaban J connectivity index is 1.86. The molecule has 2 N–H and O–H groups in total. The molecule has 2 heteroatoms. The summed E-state index contributed by atoms with van der Waals surface area (Å²) >= 11 is 0. The largest absolute Gasteiger partial charge is 0.330 e. The summed E-state index contributed by atoms with van der Waals surface area (Å²) in [5.74, 6) is 1.70. The normalized spacial score (nSPS) is 36.8. The summed E-state index contributed by atoms with van der Waals surface area (Å²) < 4.78 is 0. The lowest BCUT2D eigenvalue weighted by Gasteiger charge is -2.38. The summed E-state index contributed by atoms with van der Waals surface area (Å²) in [6.07, 6.45) is 1.44. The van der Waals surface area contributed by atoms with Gasteiger partial charge in [0.25, 0.3) is 0 Å². The molecule has 0 aromatic carbocycles. The van der Waals surface area contributed by atoms with Gasteiger partial charge in [-0.05, 0) is 37.3 Å². The lowest BCUT2D eigenvalue weighted by atomic mass is 9.89. The van der Waals surface area contributed by atoms with Crippen LogP contribution in [0.1, 0.15) is 13.3 Å². The van der Waals surface area contributed by atoms with Gasteiger partial charge in [-0.1, -0.05) is 6.92 Å². The van der Waals surface area contributed by atoms with Crippen molar-refractivity contribution in [1.82, 2.24) is 4.90 Å². The third-order valence-electron chi connectivity index (χ3n) is 3.48. The highest BCUT2D eigenvalue weighted by Crippen LogP contribution is 2.61. The smallest absolute Gasteiger partial charge is 0.00503 e. The van der Waals surface area contributed by atoms with Crippen LogP contribution in [-0.2, 0) is 0 Å². The van der Waals surface area contributed by atoms with Crippen molar-refractivity contribution in [1.29, 1.82) is 0 Å². The highest BCUT2D eigenvalue weighted by molar-refractivity contribution is 5.12. The fourth-order valence-electron chi connectivity index (χ4n) is 2.74. The molecular formula is C9H18N2. The summed E-state index contributed by atoms with van der Waals surface area (Å²) in [7, 11) is 2.20. The van der Waals surface area contributed by atoms with E-state index in [0.717, 1.165) is 23.8 Å². The molecule has 1 saturated heterocycles. The van der Waals surface area contributed by atoms with Crippen LogP contribution < -0.4 is 5.73 Å². The highest BCUT2D eigenvalue weighted by Gasteiger charge is 2.61. The lowest BCUT2D eigenvalue weighted by molar-refractivity contribution is 0.0907. The summed E-state index contributed by atoms with van der Waals surface area (Å²) in [6.45, 7) is 5.80. The molecule has 2 nitrogen and oxygen atoms in total. The first-order valence-electron chi connectivity index (χ1n) is 4.56. The molecule has 64 valence electrons. The summed E-state index contributed by atoms with van der Waals surface area (Å²) in [4.78, 5) is 2.41. The second kappa shape index (κ2) is 2.20. The van der Waals surface area contributed by atoms with Gasteiger partial charge < -0.3 is 10.6 Å². The van der Waals surface area contributed by atoms with Gasteiger partial charge in [0.2, 0.25) is 0 Å². The number of nitrogens with zero attached hydrogens (tertiary/aromatic N) is 1. The average Bonchev–Trinajstić information content (AvgIpc) is 2.61. The highest BCUT2D eigenvalue weighted by atomic mass is 15.2. The third kappa shape index (κ3) is 1.00. The van der Waals surface area contributed by atoms with Gasteiger partial charge in [0, 0.05) is 13.1 Å². The maximum atomic E-state index is 5.63. The minimum atomic E-state index is 0.730. The van der Waals surface area contributed by atoms with Crippen LogP contribution in [0.25, 0.3) is 0 Å². The van der Waals surface area contributed by atoms with Crippen LogP contribution in [0.5, 0.6) is 0 Å². The van der Waals surface area contributed by atoms with Gasteiger partial charge in [0.1, 0.15) is 0 Å². The van der Waals surface area contributed by atoms with Crippen molar-refractivity contribution in [3.05, 3.63) is 0 Å². The number of likely N-dealkylation sites (tertiary alicyclic amines) is 1. The molecule has 0 radical (unpaired) electrons. The minimum absolute atomic E-state index is 0.730. The van der Waals surface area contributed by atoms with E-state index in [0.29, 0.717) is 0 Å². The first-order valence-corrected chi connectivity index (χ1v) is 4.56. The Bertz CT molecular complexity index is 161. The molecule has 1 saturated carbocycles. The fraction of sp³-hybridized carbons (Fsp3) is 1.00. The monoisotopic (exact) mass is 154 g/mol. The number of nitrogens with two attached hydrogens (primary N) is 1. The first-order chi connectivity index (χ1) is 5.18. The molecule has 1 aliphatic carbocycles. The molecule has 2 fully saturated rings. The molecule has 2 unspecified atom stereocenters. The molecular weight excluding hydrogens is 136 g/mol. The number of hydrogen-bond acceptors (Lipinski definition) is 2. The van der Waals surface area contributed by atoms with E-state index in [1.165, 1.54) is 19.5 Å². The zero-order valence-electron chi connectivity index (χ0n) is 7.51. The lowest BCUT2D eigenvalue weighted by Crippen LogP contribution is -2.47. The zero-order chi connectivity index (χ0) is 8.06. The molecule has 1 spiro atoms. The van der Waals surface area contributed by atoms with E-state index >= 15 is 0 Å². The zero-order valence-corrected chi connectivity index (χ0v) is 7.51. The van der Waals surface area contributed by atoms with Crippen LogP contribution in [0.2, 0.25) is 0 Å². The fourth-order valence-corrected chi connectivity index (χ4v) is 2.74. The van der Waals surface area contributed by atoms with Crippen molar-refractivity contribution in [3.8, 4) is 0 Å². The maximum Gasteiger partial charge on any atom is 0.00503 e. The van der Waals surface area contributed by atoms with E-state index in [4.69, 9.17) is 5.73 Å². The van der Waals surface area contributed by atoms with Crippen molar-refractivity contribution < 1.29 is 0 Å². The molecule has 0 aromatic rings. The Labute approximate surface area is 68.7 Å². The Morgan fingerprint density at radius 1 is 1.64 bits per heavy atom. The van der Waals surface area contributed by atoms with Gasteiger partial charge in [-0.3, -0.25) is 0 Å². The van der Waals surface area contributed by atoms with Gasteiger partial charge in [-0.15, -0.1) is 0 Å².